The maximum atomic E-state index is 6.37. The van der Waals surface area contributed by atoms with Crippen LogP contribution in [0.25, 0.3) is 5.65 Å². The number of piperazine rings is 1. The minimum absolute atomic E-state index is 0.666. The molecule has 0 unspecified atom stereocenters. The Kier molecular flexibility index (Phi) is 4.43. The third-order valence-electron chi connectivity index (χ3n) is 5.68. The monoisotopic (exact) mass is 394 g/mol. The highest BCUT2D eigenvalue weighted by atomic mass is 35.5. The summed E-state index contributed by atoms with van der Waals surface area (Å²) in [5.41, 5.74) is 4.56. The van der Waals surface area contributed by atoms with E-state index in [0.29, 0.717) is 5.92 Å². The van der Waals surface area contributed by atoms with Crippen molar-refractivity contribution in [2.24, 2.45) is 0 Å². The lowest BCUT2D eigenvalue weighted by Crippen LogP contribution is -2.46. The van der Waals surface area contributed by atoms with Crippen molar-refractivity contribution in [3.05, 3.63) is 65.1 Å². The number of hydrogen-bond donors (Lipinski definition) is 0. The molecular weight excluding hydrogens is 372 g/mol. The van der Waals surface area contributed by atoms with Crippen LogP contribution in [-0.2, 0) is 6.42 Å². The van der Waals surface area contributed by atoms with Crippen LogP contribution >= 0.6 is 11.6 Å². The second-order valence-electron chi connectivity index (χ2n) is 7.67. The number of rotatable bonds is 5. The van der Waals surface area contributed by atoms with E-state index in [1.165, 1.54) is 29.7 Å². The van der Waals surface area contributed by atoms with E-state index in [1.807, 2.05) is 18.2 Å². The van der Waals surface area contributed by atoms with E-state index in [1.54, 1.807) is 10.8 Å². The van der Waals surface area contributed by atoms with Crippen LogP contribution < -0.4 is 4.90 Å². The topological polar surface area (TPSA) is 49.6 Å². The fourth-order valence-corrected chi connectivity index (χ4v) is 4.17. The fraction of sp³-hybridized carbons (Fsp3) is 0.381. The van der Waals surface area contributed by atoms with Gasteiger partial charge in [-0.25, -0.2) is 0 Å². The van der Waals surface area contributed by atoms with Gasteiger partial charge in [-0.1, -0.05) is 30.3 Å². The smallest absolute Gasteiger partial charge is 0.177 e. The van der Waals surface area contributed by atoms with Crippen molar-refractivity contribution in [1.82, 2.24) is 24.7 Å². The van der Waals surface area contributed by atoms with Gasteiger partial charge in [0, 0.05) is 43.3 Å². The SMILES string of the molecule is C=C(Cc1ccc(Cl)c(C2CC2)c1)N1CCN(c2ccc3nncn3n2)CC1. The molecule has 3 aromatic rings. The molecule has 0 amide bonds. The molecule has 0 radical (unpaired) electrons. The van der Waals surface area contributed by atoms with Gasteiger partial charge in [0.2, 0.25) is 0 Å². The van der Waals surface area contributed by atoms with E-state index in [2.05, 4.69) is 43.8 Å². The van der Waals surface area contributed by atoms with Crippen LogP contribution in [0.3, 0.4) is 0 Å². The molecule has 0 N–H and O–H groups in total. The Balaban J connectivity index is 1.21. The molecular formula is C21H23ClN6. The molecule has 0 spiro atoms. The number of anilines is 1. The molecule has 0 atom stereocenters. The Labute approximate surface area is 169 Å². The van der Waals surface area contributed by atoms with Crippen LogP contribution in [0.5, 0.6) is 0 Å². The zero-order chi connectivity index (χ0) is 19.1. The molecule has 1 aliphatic carbocycles. The number of aromatic nitrogens is 4. The van der Waals surface area contributed by atoms with Crippen molar-refractivity contribution >= 4 is 23.1 Å². The average molecular weight is 395 g/mol. The van der Waals surface area contributed by atoms with Gasteiger partial charge in [0.1, 0.15) is 12.1 Å². The Morgan fingerprint density at radius 1 is 1.11 bits per heavy atom. The molecule has 5 rings (SSSR count). The largest absolute Gasteiger partial charge is 0.371 e. The third kappa shape index (κ3) is 3.44. The van der Waals surface area contributed by atoms with Crippen molar-refractivity contribution in [2.45, 2.75) is 25.2 Å². The number of fused-ring (bicyclic) bond motifs is 1. The van der Waals surface area contributed by atoms with Gasteiger partial charge in [-0.2, -0.15) is 4.52 Å². The molecule has 3 heterocycles. The summed E-state index contributed by atoms with van der Waals surface area (Å²) in [6, 6.07) is 10.4. The van der Waals surface area contributed by atoms with E-state index in [-0.39, 0.29) is 0 Å². The zero-order valence-corrected chi connectivity index (χ0v) is 16.5. The first-order valence-corrected chi connectivity index (χ1v) is 10.2. The standard InChI is InChI=1S/C21H23ClN6/c1-15(12-16-2-5-19(22)18(13-16)17-3-4-17)26-8-10-27(11-9-26)21-7-6-20-24-23-14-28(20)25-21/h2,5-7,13-14,17H,1,3-4,8-12H2. The summed E-state index contributed by atoms with van der Waals surface area (Å²) in [5.74, 6) is 1.63. The fourth-order valence-electron chi connectivity index (χ4n) is 3.90. The van der Waals surface area contributed by atoms with Crippen LogP contribution in [0.2, 0.25) is 5.02 Å². The lowest BCUT2D eigenvalue weighted by atomic mass is 10.0. The Bertz CT molecular complexity index is 1020. The van der Waals surface area contributed by atoms with Crippen molar-refractivity contribution < 1.29 is 0 Å². The van der Waals surface area contributed by atoms with Crippen LogP contribution in [0.4, 0.5) is 5.82 Å². The van der Waals surface area contributed by atoms with Crippen LogP contribution in [0.1, 0.15) is 29.9 Å². The lowest BCUT2D eigenvalue weighted by Gasteiger charge is -2.37. The van der Waals surface area contributed by atoms with Crippen molar-refractivity contribution in [3.8, 4) is 0 Å². The summed E-state index contributed by atoms with van der Waals surface area (Å²) in [7, 11) is 0. The van der Waals surface area contributed by atoms with Crippen LogP contribution in [0.15, 0.2) is 48.9 Å². The van der Waals surface area contributed by atoms with E-state index in [0.717, 1.165) is 49.1 Å². The highest BCUT2D eigenvalue weighted by Crippen LogP contribution is 2.43. The van der Waals surface area contributed by atoms with Gasteiger partial charge in [0.05, 0.1) is 0 Å². The minimum atomic E-state index is 0.666. The second-order valence-corrected chi connectivity index (χ2v) is 8.08. The first-order chi connectivity index (χ1) is 13.7. The number of halogens is 1. The maximum Gasteiger partial charge on any atom is 0.177 e. The summed E-state index contributed by atoms with van der Waals surface area (Å²) in [6.07, 6.45) is 5.04. The molecule has 1 aromatic carbocycles. The summed E-state index contributed by atoms with van der Waals surface area (Å²) in [4.78, 5) is 4.69. The maximum absolute atomic E-state index is 6.37. The van der Waals surface area contributed by atoms with Crippen molar-refractivity contribution in [1.29, 1.82) is 0 Å². The highest BCUT2D eigenvalue weighted by Gasteiger charge is 2.26. The quantitative estimate of drug-likeness (QED) is 0.662. The number of allylic oxidation sites excluding steroid dienone is 1. The Morgan fingerprint density at radius 3 is 2.71 bits per heavy atom. The summed E-state index contributed by atoms with van der Waals surface area (Å²) < 4.78 is 1.72. The van der Waals surface area contributed by atoms with Crippen LogP contribution in [0, 0.1) is 0 Å². The Hall–Kier alpha value is -2.60. The molecule has 6 nitrogen and oxygen atoms in total. The second kappa shape index (κ2) is 7.09. The minimum Gasteiger partial charge on any atom is -0.371 e. The van der Waals surface area contributed by atoms with Gasteiger partial charge in [-0.05, 0) is 48.1 Å². The van der Waals surface area contributed by atoms with E-state index in [4.69, 9.17) is 11.6 Å². The number of hydrogen-bond acceptors (Lipinski definition) is 5. The first kappa shape index (κ1) is 17.5. The molecule has 0 bridgehead atoms. The third-order valence-corrected chi connectivity index (χ3v) is 6.03. The molecule has 7 heteroatoms. The highest BCUT2D eigenvalue weighted by molar-refractivity contribution is 6.31. The summed E-state index contributed by atoms with van der Waals surface area (Å²) in [6.45, 7) is 8.10. The Morgan fingerprint density at radius 2 is 1.93 bits per heavy atom. The molecule has 2 fully saturated rings. The number of benzene rings is 1. The average Bonchev–Trinajstić information content (AvgIpc) is 3.46. The zero-order valence-electron chi connectivity index (χ0n) is 15.8. The van der Waals surface area contributed by atoms with E-state index >= 15 is 0 Å². The summed E-state index contributed by atoms with van der Waals surface area (Å²) >= 11 is 6.37. The molecule has 2 aliphatic rings. The lowest BCUT2D eigenvalue weighted by molar-refractivity contribution is 0.315. The van der Waals surface area contributed by atoms with Gasteiger partial charge in [-0.3, -0.25) is 0 Å². The molecule has 144 valence electrons. The summed E-state index contributed by atoms with van der Waals surface area (Å²) in [5, 5.41) is 13.4. The van der Waals surface area contributed by atoms with Crippen LogP contribution in [-0.4, -0.2) is 50.9 Å². The van der Waals surface area contributed by atoms with Crippen molar-refractivity contribution in [3.63, 3.8) is 0 Å². The van der Waals surface area contributed by atoms with Gasteiger partial charge >= 0.3 is 0 Å². The predicted molar refractivity (Wildman–Crippen MR) is 111 cm³/mol. The number of nitrogens with zero attached hydrogens (tertiary/aromatic N) is 6. The van der Waals surface area contributed by atoms with Gasteiger partial charge < -0.3 is 9.80 Å². The molecule has 1 aliphatic heterocycles. The van der Waals surface area contributed by atoms with E-state index in [9.17, 15) is 0 Å². The molecule has 1 saturated carbocycles. The van der Waals surface area contributed by atoms with Crippen molar-refractivity contribution in [2.75, 3.05) is 31.1 Å². The molecule has 2 aromatic heterocycles. The normalized spacial score (nSPS) is 17.3. The molecule has 1 saturated heterocycles. The van der Waals surface area contributed by atoms with Gasteiger partial charge in [-0.15, -0.1) is 15.3 Å². The van der Waals surface area contributed by atoms with E-state index < -0.39 is 0 Å². The molecule has 28 heavy (non-hydrogen) atoms. The van der Waals surface area contributed by atoms with Gasteiger partial charge in [0.15, 0.2) is 5.65 Å². The predicted octanol–water partition coefficient (Wildman–Crippen LogP) is 3.53. The van der Waals surface area contributed by atoms with Gasteiger partial charge in [0.25, 0.3) is 0 Å². The first-order valence-electron chi connectivity index (χ1n) is 9.80.